The number of aromatic nitrogens is 2. The van der Waals surface area contributed by atoms with Crippen LogP contribution in [0.25, 0.3) is 11.4 Å². The predicted octanol–water partition coefficient (Wildman–Crippen LogP) is 4.54. The summed E-state index contributed by atoms with van der Waals surface area (Å²) in [7, 11) is 0. The summed E-state index contributed by atoms with van der Waals surface area (Å²) in [5.74, 6) is 1.52. The number of nitrogens with zero attached hydrogens (tertiary/aromatic N) is 3. The fraction of sp³-hybridized carbons (Fsp3) is 0.292. The van der Waals surface area contributed by atoms with E-state index in [-0.39, 0.29) is 17.6 Å². The monoisotopic (exact) mass is 420 g/mol. The molecule has 0 saturated carbocycles. The maximum absolute atomic E-state index is 13.6. The molecule has 0 spiro atoms. The number of anilines is 2. The van der Waals surface area contributed by atoms with Gasteiger partial charge in [0.2, 0.25) is 5.91 Å². The van der Waals surface area contributed by atoms with Crippen LogP contribution in [0.2, 0.25) is 0 Å². The largest absolute Gasteiger partial charge is 0.494 e. The summed E-state index contributed by atoms with van der Waals surface area (Å²) in [5.41, 5.74) is 1.38. The van der Waals surface area contributed by atoms with Crippen LogP contribution in [0.1, 0.15) is 19.8 Å². The Bertz CT molecular complexity index is 1040. The second kappa shape index (κ2) is 9.55. The van der Waals surface area contributed by atoms with E-state index in [1.54, 1.807) is 18.3 Å². The van der Waals surface area contributed by atoms with Crippen LogP contribution in [0.5, 0.6) is 5.75 Å². The van der Waals surface area contributed by atoms with Gasteiger partial charge in [-0.1, -0.05) is 12.1 Å². The number of ether oxygens (including phenoxy) is 1. The summed E-state index contributed by atoms with van der Waals surface area (Å²) < 4.78 is 19.0. The van der Waals surface area contributed by atoms with Crippen molar-refractivity contribution in [3.8, 4) is 17.1 Å². The number of benzene rings is 2. The number of hydrogen-bond donors (Lipinski definition) is 1. The Morgan fingerprint density at radius 1 is 1.23 bits per heavy atom. The minimum atomic E-state index is -0.324. The maximum Gasteiger partial charge on any atom is 0.229 e. The standard InChI is InChI=1S/C24H25FN4O2/c1-2-31-21-10-8-20(9-11-21)27-24(30)18-6-4-14-29(16-18)22-12-13-26-23(28-22)17-5-3-7-19(25)15-17/h3,5,7-13,15,18H,2,4,6,14,16H2,1H3,(H,27,30). The van der Waals surface area contributed by atoms with Crippen molar-refractivity contribution in [1.82, 2.24) is 9.97 Å². The Balaban J connectivity index is 1.43. The first-order valence-electron chi connectivity index (χ1n) is 10.5. The van der Waals surface area contributed by atoms with Gasteiger partial charge in [0.25, 0.3) is 0 Å². The van der Waals surface area contributed by atoms with Gasteiger partial charge < -0.3 is 15.0 Å². The highest BCUT2D eigenvalue weighted by molar-refractivity contribution is 5.93. The number of hydrogen-bond acceptors (Lipinski definition) is 5. The highest BCUT2D eigenvalue weighted by Gasteiger charge is 2.27. The van der Waals surface area contributed by atoms with Crippen LogP contribution in [-0.2, 0) is 4.79 Å². The van der Waals surface area contributed by atoms with E-state index in [1.807, 2.05) is 37.3 Å². The molecule has 0 radical (unpaired) electrons. The Morgan fingerprint density at radius 3 is 2.84 bits per heavy atom. The lowest BCUT2D eigenvalue weighted by Crippen LogP contribution is -2.41. The minimum Gasteiger partial charge on any atom is -0.494 e. The smallest absolute Gasteiger partial charge is 0.229 e. The molecule has 1 unspecified atom stereocenters. The van der Waals surface area contributed by atoms with Crippen LogP contribution >= 0.6 is 0 Å². The van der Waals surface area contributed by atoms with E-state index >= 15 is 0 Å². The van der Waals surface area contributed by atoms with E-state index in [2.05, 4.69) is 20.2 Å². The molecule has 1 aliphatic rings. The topological polar surface area (TPSA) is 67.3 Å². The van der Waals surface area contributed by atoms with Gasteiger partial charge in [-0.15, -0.1) is 0 Å². The predicted molar refractivity (Wildman–Crippen MR) is 119 cm³/mol. The molecule has 2 aromatic carbocycles. The minimum absolute atomic E-state index is 0.00623. The third-order valence-electron chi connectivity index (χ3n) is 5.27. The first-order valence-corrected chi connectivity index (χ1v) is 10.5. The number of carbonyl (C=O) groups is 1. The highest BCUT2D eigenvalue weighted by Crippen LogP contribution is 2.25. The van der Waals surface area contributed by atoms with Crippen molar-refractivity contribution >= 4 is 17.4 Å². The molecule has 1 atom stereocenters. The number of amides is 1. The summed E-state index contributed by atoms with van der Waals surface area (Å²) in [4.78, 5) is 23.8. The van der Waals surface area contributed by atoms with Crippen LogP contribution in [0.4, 0.5) is 15.9 Å². The first-order chi connectivity index (χ1) is 15.1. The molecule has 3 aromatic rings. The van der Waals surface area contributed by atoms with Gasteiger partial charge in [-0.05, 0) is 62.2 Å². The first kappa shape index (κ1) is 20.8. The van der Waals surface area contributed by atoms with Crippen LogP contribution in [0.15, 0.2) is 60.8 Å². The van der Waals surface area contributed by atoms with Crippen molar-refractivity contribution in [1.29, 1.82) is 0 Å². The molecule has 1 aromatic heterocycles. The summed E-state index contributed by atoms with van der Waals surface area (Å²) in [6.07, 6.45) is 3.38. The fourth-order valence-electron chi connectivity index (χ4n) is 3.74. The molecule has 1 aliphatic heterocycles. The molecule has 4 rings (SSSR count). The molecule has 6 nitrogen and oxygen atoms in total. The molecule has 1 amide bonds. The van der Waals surface area contributed by atoms with Crippen molar-refractivity contribution in [3.63, 3.8) is 0 Å². The Labute approximate surface area is 181 Å². The molecule has 0 bridgehead atoms. The zero-order valence-electron chi connectivity index (χ0n) is 17.4. The van der Waals surface area contributed by atoms with Crippen molar-refractivity contribution in [3.05, 3.63) is 66.6 Å². The van der Waals surface area contributed by atoms with Gasteiger partial charge in [0.1, 0.15) is 17.4 Å². The second-order valence-corrected chi connectivity index (χ2v) is 7.48. The van der Waals surface area contributed by atoms with E-state index < -0.39 is 0 Å². The maximum atomic E-state index is 13.6. The third-order valence-corrected chi connectivity index (χ3v) is 5.27. The molecular formula is C24H25FN4O2. The highest BCUT2D eigenvalue weighted by atomic mass is 19.1. The quantitative estimate of drug-likeness (QED) is 0.634. The second-order valence-electron chi connectivity index (χ2n) is 7.48. The summed E-state index contributed by atoms with van der Waals surface area (Å²) >= 11 is 0. The number of rotatable bonds is 6. The summed E-state index contributed by atoms with van der Waals surface area (Å²) in [5, 5.41) is 3.00. The van der Waals surface area contributed by atoms with Gasteiger partial charge >= 0.3 is 0 Å². The lowest BCUT2D eigenvalue weighted by molar-refractivity contribution is -0.120. The lowest BCUT2D eigenvalue weighted by Gasteiger charge is -2.33. The van der Waals surface area contributed by atoms with Crippen molar-refractivity contribution < 1.29 is 13.9 Å². The van der Waals surface area contributed by atoms with Crippen molar-refractivity contribution in [2.24, 2.45) is 5.92 Å². The lowest BCUT2D eigenvalue weighted by atomic mass is 9.97. The zero-order chi connectivity index (χ0) is 21.6. The molecule has 1 N–H and O–H groups in total. The van der Waals surface area contributed by atoms with E-state index in [0.29, 0.717) is 24.5 Å². The fourth-order valence-corrected chi connectivity index (χ4v) is 3.74. The van der Waals surface area contributed by atoms with Gasteiger partial charge in [-0.2, -0.15) is 0 Å². The van der Waals surface area contributed by atoms with E-state index in [9.17, 15) is 9.18 Å². The molecule has 1 fully saturated rings. The van der Waals surface area contributed by atoms with E-state index in [1.165, 1.54) is 12.1 Å². The normalized spacial score (nSPS) is 16.1. The molecule has 7 heteroatoms. The molecule has 2 heterocycles. The summed E-state index contributed by atoms with van der Waals surface area (Å²) in [6.45, 7) is 3.92. The van der Waals surface area contributed by atoms with Crippen LogP contribution in [0.3, 0.4) is 0 Å². The molecule has 31 heavy (non-hydrogen) atoms. The Hall–Kier alpha value is -3.48. The van der Waals surface area contributed by atoms with Crippen molar-refractivity contribution in [2.75, 3.05) is 29.9 Å². The van der Waals surface area contributed by atoms with Gasteiger partial charge in [-0.25, -0.2) is 14.4 Å². The van der Waals surface area contributed by atoms with Gasteiger partial charge in [0.05, 0.1) is 12.5 Å². The zero-order valence-corrected chi connectivity index (χ0v) is 17.4. The van der Waals surface area contributed by atoms with Crippen LogP contribution < -0.4 is 15.0 Å². The van der Waals surface area contributed by atoms with Gasteiger partial charge in [-0.3, -0.25) is 4.79 Å². The Morgan fingerprint density at radius 2 is 2.06 bits per heavy atom. The average Bonchev–Trinajstić information content (AvgIpc) is 2.81. The number of piperidine rings is 1. The average molecular weight is 420 g/mol. The van der Waals surface area contributed by atoms with Crippen LogP contribution in [-0.4, -0.2) is 35.6 Å². The van der Waals surface area contributed by atoms with Crippen LogP contribution in [0, 0.1) is 11.7 Å². The molecule has 1 saturated heterocycles. The number of carbonyl (C=O) groups excluding carboxylic acids is 1. The molecule has 0 aliphatic carbocycles. The number of halogens is 1. The molecular weight excluding hydrogens is 395 g/mol. The SMILES string of the molecule is CCOc1ccc(NC(=O)C2CCCN(c3ccnc(-c4cccc(F)c4)n3)C2)cc1. The van der Waals surface area contributed by atoms with Crippen molar-refractivity contribution in [2.45, 2.75) is 19.8 Å². The Kier molecular flexibility index (Phi) is 6.40. The summed E-state index contributed by atoms with van der Waals surface area (Å²) in [6, 6.07) is 15.5. The van der Waals surface area contributed by atoms with E-state index in [4.69, 9.17) is 4.74 Å². The van der Waals surface area contributed by atoms with E-state index in [0.717, 1.165) is 36.6 Å². The number of nitrogens with one attached hydrogen (secondary N) is 1. The van der Waals surface area contributed by atoms with Gasteiger partial charge in [0.15, 0.2) is 5.82 Å². The third kappa shape index (κ3) is 5.17. The molecule has 160 valence electrons. The van der Waals surface area contributed by atoms with Gasteiger partial charge in [0, 0.05) is 30.5 Å².